The first-order valence-corrected chi connectivity index (χ1v) is 11.4. The Morgan fingerprint density at radius 3 is 2.38 bits per heavy atom. The number of rotatable bonds is 4. The number of benzene rings is 3. The second-order valence-corrected chi connectivity index (χ2v) is 8.93. The van der Waals surface area contributed by atoms with Crippen LogP contribution in [0.25, 0.3) is 0 Å². The number of hydrogen-bond donors (Lipinski definition) is 0. The summed E-state index contributed by atoms with van der Waals surface area (Å²) in [5.74, 6) is -0.108. The molecule has 0 radical (unpaired) electrons. The maximum atomic E-state index is 13.5. The lowest BCUT2D eigenvalue weighted by molar-refractivity contribution is 0.0735. The average Bonchev–Trinajstić information content (AvgIpc) is 3.43. The summed E-state index contributed by atoms with van der Waals surface area (Å²) in [5, 5.41) is 0. The molecule has 0 spiro atoms. The molecule has 1 fully saturated rings. The Bertz CT molecular complexity index is 1310. The van der Waals surface area contributed by atoms with Gasteiger partial charge in [-0.05, 0) is 79.8 Å². The number of anilines is 1. The van der Waals surface area contributed by atoms with E-state index in [0.29, 0.717) is 23.4 Å². The molecule has 1 unspecified atom stereocenters. The Kier molecular flexibility index (Phi) is 5.44. The molecule has 2 aliphatic rings. The van der Waals surface area contributed by atoms with Crippen molar-refractivity contribution in [2.45, 2.75) is 32.7 Å². The Labute approximate surface area is 198 Å². The molecule has 6 heteroatoms. The van der Waals surface area contributed by atoms with Gasteiger partial charge < -0.3 is 9.64 Å². The summed E-state index contributed by atoms with van der Waals surface area (Å²) in [6.45, 7) is 4.45. The topological polar surface area (TPSA) is 66.9 Å². The quantitative estimate of drug-likeness (QED) is 0.515. The molecule has 34 heavy (non-hydrogen) atoms. The molecule has 0 saturated carbocycles. The van der Waals surface area contributed by atoms with Crippen molar-refractivity contribution in [3.05, 3.63) is 94.0 Å². The average molecular weight is 455 g/mol. The summed E-state index contributed by atoms with van der Waals surface area (Å²) in [6, 6.07) is 18.3. The zero-order valence-electron chi connectivity index (χ0n) is 19.5. The van der Waals surface area contributed by atoms with Crippen LogP contribution in [-0.2, 0) is 0 Å². The van der Waals surface area contributed by atoms with E-state index >= 15 is 0 Å². The maximum absolute atomic E-state index is 13.5. The lowest BCUT2D eigenvalue weighted by Gasteiger charge is -2.25. The zero-order chi connectivity index (χ0) is 24.0. The number of hydrogen-bond acceptors (Lipinski definition) is 4. The number of fused-ring (bicyclic) bond motifs is 1. The fraction of sp³-hybridized carbons (Fsp3) is 0.250. The van der Waals surface area contributed by atoms with Crippen LogP contribution in [0.4, 0.5) is 5.69 Å². The summed E-state index contributed by atoms with van der Waals surface area (Å²) in [5.41, 5.74) is 4.47. The monoisotopic (exact) mass is 454 g/mol. The van der Waals surface area contributed by atoms with Crippen LogP contribution in [-0.4, -0.2) is 36.3 Å². The molecule has 2 aliphatic heterocycles. The van der Waals surface area contributed by atoms with Gasteiger partial charge in [-0.15, -0.1) is 0 Å². The third-order valence-corrected chi connectivity index (χ3v) is 6.75. The van der Waals surface area contributed by atoms with Gasteiger partial charge in [0.25, 0.3) is 17.7 Å². The number of carbonyl (C=O) groups excluding carboxylic acids is 3. The zero-order valence-corrected chi connectivity index (χ0v) is 19.5. The molecule has 1 saturated heterocycles. The summed E-state index contributed by atoms with van der Waals surface area (Å²) < 4.78 is 5.25. The van der Waals surface area contributed by atoms with Crippen LogP contribution in [0.2, 0.25) is 0 Å². The number of methoxy groups -OCH3 is 1. The van der Waals surface area contributed by atoms with Crippen LogP contribution in [0.15, 0.2) is 60.7 Å². The maximum Gasteiger partial charge on any atom is 0.266 e. The molecule has 6 nitrogen and oxygen atoms in total. The molecule has 172 valence electrons. The Hall–Kier alpha value is -3.93. The number of likely N-dealkylation sites (tertiary alicyclic amines) is 1. The van der Waals surface area contributed by atoms with Gasteiger partial charge in [0.05, 0.1) is 30.0 Å². The highest BCUT2D eigenvalue weighted by Gasteiger charge is 2.39. The fourth-order valence-corrected chi connectivity index (χ4v) is 4.90. The fourth-order valence-electron chi connectivity index (χ4n) is 4.90. The molecular formula is C28H26N2O4. The molecule has 1 atom stereocenters. The van der Waals surface area contributed by atoms with E-state index in [0.717, 1.165) is 35.3 Å². The third-order valence-electron chi connectivity index (χ3n) is 6.75. The first-order chi connectivity index (χ1) is 16.4. The minimum Gasteiger partial charge on any atom is -0.497 e. The smallest absolute Gasteiger partial charge is 0.266 e. The van der Waals surface area contributed by atoms with Gasteiger partial charge in [-0.3, -0.25) is 14.4 Å². The van der Waals surface area contributed by atoms with Crippen molar-refractivity contribution in [1.82, 2.24) is 4.90 Å². The second-order valence-electron chi connectivity index (χ2n) is 8.93. The summed E-state index contributed by atoms with van der Waals surface area (Å²) in [6.07, 6.45) is 1.78. The molecule has 0 N–H and O–H groups in total. The van der Waals surface area contributed by atoms with Gasteiger partial charge in [0.15, 0.2) is 0 Å². The molecule has 0 bridgehead atoms. The highest BCUT2D eigenvalue weighted by molar-refractivity contribution is 6.35. The summed E-state index contributed by atoms with van der Waals surface area (Å²) in [4.78, 5) is 42.9. The van der Waals surface area contributed by atoms with Crippen molar-refractivity contribution in [2.24, 2.45) is 0 Å². The molecule has 0 aromatic heterocycles. The Morgan fingerprint density at radius 2 is 1.65 bits per heavy atom. The number of ether oxygens (including phenoxy) is 1. The van der Waals surface area contributed by atoms with E-state index in [1.165, 1.54) is 4.90 Å². The molecule has 3 aromatic carbocycles. The van der Waals surface area contributed by atoms with E-state index in [9.17, 15) is 14.4 Å². The molecule has 3 amide bonds. The van der Waals surface area contributed by atoms with Crippen LogP contribution in [0.5, 0.6) is 5.75 Å². The van der Waals surface area contributed by atoms with Crippen molar-refractivity contribution in [3.8, 4) is 5.75 Å². The van der Waals surface area contributed by atoms with Crippen molar-refractivity contribution < 1.29 is 19.1 Å². The molecule has 0 aliphatic carbocycles. The highest BCUT2D eigenvalue weighted by Crippen LogP contribution is 2.36. The largest absolute Gasteiger partial charge is 0.497 e. The van der Waals surface area contributed by atoms with E-state index in [-0.39, 0.29) is 23.4 Å². The van der Waals surface area contributed by atoms with Crippen LogP contribution in [0.1, 0.15) is 66.6 Å². The molecular weight excluding hydrogens is 428 g/mol. The Balaban J connectivity index is 1.44. The minimum atomic E-state index is -0.392. The van der Waals surface area contributed by atoms with Gasteiger partial charge in [0.1, 0.15) is 5.75 Å². The number of carbonyl (C=O) groups is 3. The molecule has 5 rings (SSSR count). The van der Waals surface area contributed by atoms with Crippen LogP contribution in [0, 0.1) is 13.8 Å². The van der Waals surface area contributed by atoms with Crippen molar-refractivity contribution in [3.63, 3.8) is 0 Å². The predicted octanol–water partition coefficient (Wildman–Crippen LogP) is 5.09. The van der Waals surface area contributed by atoms with E-state index < -0.39 is 5.91 Å². The lowest BCUT2D eigenvalue weighted by Crippen LogP contribution is -2.31. The second kappa shape index (κ2) is 8.45. The minimum absolute atomic E-state index is 0.0320. The van der Waals surface area contributed by atoms with Gasteiger partial charge in [0, 0.05) is 12.1 Å². The van der Waals surface area contributed by atoms with E-state index in [1.54, 1.807) is 25.3 Å². The number of aryl methyl sites for hydroxylation is 2. The van der Waals surface area contributed by atoms with Crippen LogP contribution < -0.4 is 9.64 Å². The Morgan fingerprint density at radius 1 is 0.912 bits per heavy atom. The van der Waals surface area contributed by atoms with E-state index in [2.05, 4.69) is 0 Å². The lowest BCUT2D eigenvalue weighted by atomic mass is 10.0. The van der Waals surface area contributed by atoms with Gasteiger partial charge >= 0.3 is 0 Å². The molecule has 2 heterocycles. The summed E-state index contributed by atoms with van der Waals surface area (Å²) >= 11 is 0. The predicted molar refractivity (Wildman–Crippen MR) is 130 cm³/mol. The normalized spacial score (nSPS) is 17.3. The summed E-state index contributed by atoms with van der Waals surface area (Å²) in [7, 11) is 1.63. The van der Waals surface area contributed by atoms with E-state index in [4.69, 9.17) is 4.74 Å². The van der Waals surface area contributed by atoms with Crippen molar-refractivity contribution in [1.29, 1.82) is 0 Å². The van der Waals surface area contributed by atoms with Crippen molar-refractivity contribution >= 4 is 23.4 Å². The van der Waals surface area contributed by atoms with E-state index in [1.807, 2.05) is 61.2 Å². The first-order valence-electron chi connectivity index (χ1n) is 11.4. The third kappa shape index (κ3) is 3.55. The number of imide groups is 1. The standard InChI is InChI=1S/C28H26N2O4/c1-17-6-7-18(2)25(15-17)30-27(32)22-13-10-20(16-23(22)28(30)33)26(31)29-14-4-5-24(29)19-8-11-21(34-3)12-9-19/h6-13,15-16,24H,4-5,14H2,1-3H3. The van der Waals surface area contributed by atoms with Crippen molar-refractivity contribution in [2.75, 3.05) is 18.6 Å². The van der Waals surface area contributed by atoms with Crippen LogP contribution in [0.3, 0.4) is 0 Å². The van der Waals surface area contributed by atoms with Gasteiger partial charge in [-0.25, -0.2) is 4.90 Å². The van der Waals surface area contributed by atoms with Gasteiger partial charge in [0.2, 0.25) is 0 Å². The van der Waals surface area contributed by atoms with Crippen LogP contribution >= 0.6 is 0 Å². The first kappa shape index (κ1) is 21.9. The number of nitrogens with zero attached hydrogens (tertiary/aromatic N) is 2. The van der Waals surface area contributed by atoms with Gasteiger partial charge in [-0.2, -0.15) is 0 Å². The van der Waals surface area contributed by atoms with Gasteiger partial charge in [-0.1, -0.05) is 24.3 Å². The number of amides is 3. The SMILES string of the molecule is COc1ccc(C2CCCN2C(=O)c2ccc3c(c2)C(=O)N(c2cc(C)ccc2C)C3=O)cc1. The highest BCUT2D eigenvalue weighted by atomic mass is 16.5. The molecule has 3 aromatic rings.